The second-order valence-corrected chi connectivity index (χ2v) is 3.65. The fourth-order valence-electron chi connectivity index (χ4n) is 1.22. The number of benzene rings is 1. The summed E-state index contributed by atoms with van der Waals surface area (Å²) in [7, 11) is 0. The lowest BCUT2D eigenvalue weighted by atomic mass is 10.1. The summed E-state index contributed by atoms with van der Waals surface area (Å²) in [4.78, 5) is 3.35. The second kappa shape index (κ2) is 3.73. The van der Waals surface area contributed by atoms with Crippen molar-refractivity contribution in [3.8, 4) is 0 Å². The Morgan fingerprint density at radius 2 is 1.83 bits per heavy atom. The van der Waals surface area contributed by atoms with E-state index in [-0.39, 0.29) is 0 Å². The van der Waals surface area contributed by atoms with Crippen LogP contribution >= 0.6 is 15.9 Å². The van der Waals surface area contributed by atoms with Crippen LogP contribution in [0.2, 0.25) is 0 Å². The molecule has 1 rings (SSSR count). The van der Waals surface area contributed by atoms with E-state index < -0.39 is 0 Å². The molecule has 1 nitrogen and oxygen atoms in total. The molecule has 0 aromatic heterocycles. The lowest BCUT2D eigenvalue weighted by Crippen LogP contribution is -1.86. The molecule has 0 saturated carbocycles. The smallest absolute Gasteiger partial charge is 0.239 e. The van der Waals surface area contributed by atoms with E-state index in [0.717, 1.165) is 10.0 Å². The van der Waals surface area contributed by atoms with Gasteiger partial charge >= 0.3 is 0 Å². The molecule has 0 N–H and O–H groups in total. The minimum atomic E-state index is 0.481. The van der Waals surface area contributed by atoms with Crippen molar-refractivity contribution in [3.63, 3.8) is 0 Å². The van der Waals surface area contributed by atoms with Crippen molar-refractivity contribution in [2.75, 3.05) is 0 Å². The fourth-order valence-corrected chi connectivity index (χ4v) is 1.45. The molecular formula is C10H10BrN. The van der Waals surface area contributed by atoms with Gasteiger partial charge in [0.05, 0.1) is 0 Å². The standard InChI is InChI=1S/C10H10BrN/c1-7-4-9(6-12-3)5-8(2)10(7)11/h4-5H,6H2,1-2H3. The van der Waals surface area contributed by atoms with Gasteiger partial charge in [0.15, 0.2) is 0 Å². The maximum atomic E-state index is 6.75. The number of rotatable bonds is 1. The highest BCUT2D eigenvalue weighted by Gasteiger charge is 2.02. The summed E-state index contributed by atoms with van der Waals surface area (Å²) >= 11 is 3.49. The number of hydrogen-bond donors (Lipinski definition) is 0. The van der Waals surface area contributed by atoms with Crippen LogP contribution in [0.5, 0.6) is 0 Å². The lowest BCUT2D eigenvalue weighted by molar-refractivity contribution is 1.21. The zero-order chi connectivity index (χ0) is 9.14. The van der Waals surface area contributed by atoms with Crippen LogP contribution in [0.1, 0.15) is 16.7 Å². The highest BCUT2D eigenvalue weighted by Crippen LogP contribution is 2.22. The van der Waals surface area contributed by atoms with Crippen LogP contribution in [0.4, 0.5) is 0 Å². The maximum Gasteiger partial charge on any atom is 0.239 e. The predicted molar refractivity (Wildman–Crippen MR) is 53.9 cm³/mol. The summed E-state index contributed by atoms with van der Waals surface area (Å²) in [6, 6.07) is 4.10. The molecule has 0 aliphatic rings. The van der Waals surface area contributed by atoms with E-state index in [9.17, 15) is 0 Å². The Kier molecular flexibility index (Phi) is 2.88. The lowest BCUT2D eigenvalue weighted by Gasteiger charge is -2.03. The molecule has 1 aromatic rings. The van der Waals surface area contributed by atoms with Gasteiger partial charge in [0.2, 0.25) is 6.54 Å². The third-order valence-corrected chi connectivity index (χ3v) is 3.01. The average molecular weight is 224 g/mol. The molecule has 0 bridgehead atoms. The average Bonchev–Trinajstić information content (AvgIpc) is 2.01. The van der Waals surface area contributed by atoms with Crippen LogP contribution in [-0.2, 0) is 6.54 Å². The Balaban J connectivity index is 3.14. The van der Waals surface area contributed by atoms with E-state index in [1.165, 1.54) is 11.1 Å². The predicted octanol–water partition coefficient (Wildman–Crippen LogP) is 3.49. The molecule has 0 radical (unpaired) electrons. The molecule has 0 saturated heterocycles. The van der Waals surface area contributed by atoms with Crippen molar-refractivity contribution < 1.29 is 0 Å². The van der Waals surface area contributed by atoms with Crippen LogP contribution in [0.3, 0.4) is 0 Å². The number of aryl methyl sites for hydroxylation is 2. The number of halogens is 1. The first-order valence-corrected chi connectivity index (χ1v) is 4.53. The van der Waals surface area contributed by atoms with Crippen molar-refractivity contribution in [2.45, 2.75) is 20.4 Å². The second-order valence-electron chi connectivity index (χ2n) is 2.86. The first-order valence-electron chi connectivity index (χ1n) is 3.74. The van der Waals surface area contributed by atoms with Gasteiger partial charge in [0.1, 0.15) is 0 Å². The molecule has 62 valence electrons. The summed E-state index contributed by atoms with van der Waals surface area (Å²) in [5.74, 6) is 0. The van der Waals surface area contributed by atoms with E-state index in [4.69, 9.17) is 6.57 Å². The molecular weight excluding hydrogens is 214 g/mol. The Morgan fingerprint density at radius 1 is 1.33 bits per heavy atom. The molecule has 0 atom stereocenters. The van der Waals surface area contributed by atoms with Gasteiger partial charge in [-0.25, -0.2) is 6.57 Å². The van der Waals surface area contributed by atoms with Gasteiger partial charge in [0, 0.05) is 10.0 Å². The van der Waals surface area contributed by atoms with E-state index in [2.05, 4.69) is 32.9 Å². The van der Waals surface area contributed by atoms with E-state index >= 15 is 0 Å². The van der Waals surface area contributed by atoms with Gasteiger partial charge in [-0.3, -0.25) is 0 Å². The zero-order valence-corrected chi connectivity index (χ0v) is 8.77. The molecule has 0 unspecified atom stereocenters. The largest absolute Gasteiger partial charge is 0.312 e. The molecule has 0 aliphatic heterocycles. The third kappa shape index (κ3) is 1.86. The van der Waals surface area contributed by atoms with Crippen molar-refractivity contribution in [2.24, 2.45) is 0 Å². The quantitative estimate of drug-likeness (QED) is 0.643. The van der Waals surface area contributed by atoms with E-state index in [1.54, 1.807) is 0 Å². The van der Waals surface area contributed by atoms with Crippen LogP contribution < -0.4 is 0 Å². The molecule has 0 spiro atoms. The molecule has 0 aliphatic carbocycles. The highest BCUT2D eigenvalue weighted by molar-refractivity contribution is 9.10. The Bertz CT molecular complexity index is 313. The highest BCUT2D eigenvalue weighted by atomic mass is 79.9. The zero-order valence-electron chi connectivity index (χ0n) is 7.19. The van der Waals surface area contributed by atoms with Crippen LogP contribution in [-0.4, -0.2) is 0 Å². The summed E-state index contributed by atoms with van der Waals surface area (Å²) in [5.41, 5.74) is 3.51. The summed E-state index contributed by atoms with van der Waals surface area (Å²) < 4.78 is 1.15. The molecule has 1 aromatic carbocycles. The normalized spacial score (nSPS) is 9.50. The van der Waals surface area contributed by atoms with Gasteiger partial charge in [-0.05, 0) is 37.1 Å². The third-order valence-electron chi connectivity index (χ3n) is 1.76. The number of nitrogens with zero attached hydrogens (tertiary/aromatic N) is 1. The Hall–Kier alpha value is -0.810. The van der Waals surface area contributed by atoms with Crippen LogP contribution in [0, 0.1) is 20.4 Å². The van der Waals surface area contributed by atoms with Crippen molar-refractivity contribution in [3.05, 3.63) is 44.7 Å². The monoisotopic (exact) mass is 223 g/mol. The van der Waals surface area contributed by atoms with Crippen molar-refractivity contribution in [1.82, 2.24) is 0 Å². The first kappa shape index (κ1) is 9.28. The summed E-state index contributed by atoms with van der Waals surface area (Å²) in [5, 5.41) is 0. The summed E-state index contributed by atoms with van der Waals surface area (Å²) in [6.07, 6.45) is 0. The first-order chi connectivity index (χ1) is 5.65. The molecule has 0 heterocycles. The fraction of sp³-hybridized carbons (Fsp3) is 0.300. The molecule has 0 amide bonds. The Labute approximate surface area is 81.4 Å². The van der Waals surface area contributed by atoms with Crippen molar-refractivity contribution >= 4 is 15.9 Å². The Morgan fingerprint density at radius 3 is 2.25 bits per heavy atom. The van der Waals surface area contributed by atoms with Gasteiger partial charge in [-0.2, -0.15) is 0 Å². The molecule has 12 heavy (non-hydrogen) atoms. The maximum absolute atomic E-state index is 6.75. The molecule has 0 fully saturated rings. The van der Waals surface area contributed by atoms with Crippen LogP contribution in [0.15, 0.2) is 16.6 Å². The minimum Gasteiger partial charge on any atom is -0.312 e. The van der Waals surface area contributed by atoms with Gasteiger partial charge in [0.25, 0.3) is 0 Å². The van der Waals surface area contributed by atoms with Gasteiger partial charge < -0.3 is 4.85 Å². The van der Waals surface area contributed by atoms with E-state index in [1.807, 2.05) is 13.8 Å². The van der Waals surface area contributed by atoms with E-state index in [0.29, 0.717) is 6.54 Å². The van der Waals surface area contributed by atoms with Crippen molar-refractivity contribution in [1.29, 1.82) is 0 Å². The minimum absolute atomic E-state index is 0.481. The number of hydrogen-bond acceptors (Lipinski definition) is 0. The molecule has 2 heteroatoms. The van der Waals surface area contributed by atoms with Gasteiger partial charge in [-0.15, -0.1) is 0 Å². The topological polar surface area (TPSA) is 4.36 Å². The SMILES string of the molecule is [C-]#[N+]Cc1cc(C)c(Br)c(C)c1. The summed E-state index contributed by atoms with van der Waals surface area (Å²) in [6.45, 7) is 11.3. The van der Waals surface area contributed by atoms with Crippen LogP contribution in [0.25, 0.3) is 4.85 Å². The van der Waals surface area contributed by atoms with Gasteiger partial charge in [-0.1, -0.05) is 15.9 Å².